The van der Waals surface area contributed by atoms with Crippen molar-refractivity contribution in [2.75, 3.05) is 5.73 Å². The summed E-state index contributed by atoms with van der Waals surface area (Å²) < 4.78 is 0. The van der Waals surface area contributed by atoms with Crippen LogP contribution in [0.1, 0.15) is 28.9 Å². The topological polar surface area (TPSA) is 63.8 Å². The van der Waals surface area contributed by atoms with Gasteiger partial charge in [-0.2, -0.15) is 0 Å². The predicted octanol–water partition coefficient (Wildman–Crippen LogP) is 1.84. The summed E-state index contributed by atoms with van der Waals surface area (Å²) in [5, 5.41) is 3.36. The molecular weight excluding hydrogens is 236 g/mol. The van der Waals surface area contributed by atoms with Crippen molar-refractivity contribution in [2.45, 2.75) is 32.4 Å². The lowest BCUT2D eigenvalue weighted by Gasteiger charge is -2.06. The minimum atomic E-state index is 0.518. The zero-order chi connectivity index (χ0) is 13.1. The SMILES string of the molecule is Nc1ccnc(CNCc2ccc3c(c2)CCC3)n1. The second kappa shape index (κ2) is 5.36. The van der Waals surface area contributed by atoms with Gasteiger partial charge in [0.2, 0.25) is 0 Å². The Labute approximate surface area is 113 Å². The Balaban J connectivity index is 1.58. The van der Waals surface area contributed by atoms with Crippen LogP contribution in [0.2, 0.25) is 0 Å². The van der Waals surface area contributed by atoms with Crippen LogP contribution < -0.4 is 11.1 Å². The van der Waals surface area contributed by atoms with Gasteiger partial charge in [-0.05, 0) is 42.0 Å². The highest BCUT2D eigenvalue weighted by molar-refractivity contribution is 5.35. The maximum Gasteiger partial charge on any atom is 0.144 e. The van der Waals surface area contributed by atoms with Gasteiger partial charge >= 0.3 is 0 Å². The van der Waals surface area contributed by atoms with Crippen molar-refractivity contribution in [3.63, 3.8) is 0 Å². The Hall–Kier alpha value is -1.94. The second-order valence-corrected chi connectivity index (χ2v) is 4.96. The van der Waals surface area contributed by atoms with Crippen LogP contribution in [-0.2, 0) is 25.9 Å². The fourth-order valence-corrected chi connectivity index (χ4v) is 2.55. The van der Waals surface area contributed by atoms with Crippen LogP contribution >= 0.6 is 0 Å². The summed E-state index contributed by atoms with van der Waals surface area (Å²) in [6.45, 7) is 1.48. The van der Waals surface area contributed by atoms with Gasteiger partial charge in [-0.3, -0.25) is 0 Å². The summed E-state index contributed by atoms with van der Waals surface area (Å²) in [6, 6.07) is 8.48. The van der Waals surface area contributed by atoms with E-state index >= 15 is 0 Å². The van der Waals surface area contributed by atoms with E-state index in [0.29, 0.717) is 12.4 Å². The molecule has 0 radical (unpaired) electrons. The van der Waals surface area contributed by atoms with Crippen LogP contribution in [0.15, 0.2) is 30.5 Å². The van der Waals surface area contributed by atoms with Crippen molar-refractivity contribution in [3.8, 4) is 0 Å². The predicted molar refractivity (Wildman–Crippen MR) is 75.5 cm³/mol. The third-order valence-electron chi connectivity index (χ3n) is 3.50. The van der Waals surface area contributed by atoms with Gasteiger partial charge in [0.15, 0.2) is 0 Å². The summed E-state index contributed by atoms with van der Waals surface area (Å²) in [6.07, 6.45) is 5.44. The van der Waals surface area contributed by atoms with E-state index in [9.17, 15) is 0 Å². The average Bonchev–Trinajstić information content (AvgIpc) is 2.86. The third-order valence-corrected chi connectivity index (χ3v) is 3.50. The molecule has 98 valence electrons. The number of nitrogens with one attached hydrogen (secondary N) is 1. The molecule has 0 atom stereocenters. The van der Waals surface area contributed by atoms with Crippen LogP contribution in [0.3, 0.4) is 0 Å². The molecule has 0 spiro atoms. The molecule has 2 aromatic rings. The molecule has 0 amide bonds. The Bertz CT molecular complexity index is 580. The highest BCUT2D eigenvalue weighted by Crippen LogP contribution is 2.22. The smallest absolute Gasteiger partial charge is 0.144 e. The van der Waals surface area contributed by atoms with Gasteiger partial charge in [0.05, 0.1) is 6.54 Å². The Morgan fingerprint density at radius 1 is 1.11 bits per heavy atom. The number of aryl methyl sites for hydroxylation is 2. The quantitative estimate of drug-likeness (QED) is 0.874. The standard InChI is InChI=1S/C15H18N4/c16-14-6-7-18-15(19-14)10-17-9-11-4-5-12-2-1-3-13(12)8-11/h4-8,17H,1-3,9-10H2,(H2,16,18,19). The van der Waals surface area contributed by atoms with E-state index in [4.69, 9.17) is 5.73 Å². The van der Waals surface area contributed by atoms with Crippen LogP contribution in [0.5, 0.6) is 0 Å². The molecule has 3 rings (SSSR count). The van der Waals surface area contributed by atoms with Crippen molar-refractivity contribution in [1.82, 2.24) is 15.3 Å². The van der Waals surface area contributed by atoms with Crippen molar-refractivity contribution in [3.05, 3.63) is 53.0 Å². The number of rotatable bonds is 4. The first-order valence-electron chi connectivity index (χ1n) is 6.70. The molecule has 1 aromatic carbocycles. The molecule has 4 heteroatoms. The number of nitrogens with zero attached hydrogens (tertiary/aromatic N) is 2. The number of anilines is 1. The molecule has 0 aliphatic heterocycles. The number of aromatic nitrogens is 2. The number of hydrogen-bond donors (Lipinski definition) is 2. The van der Waals surface area contributed by atoms with Gasteiger partial charge in [-0.15, -0.1) is 0 Å². The van der Waals surface area contributed by atoms with Crippen LogP contribution in [0.4, 0.5) is 5.82 Å². The minimum absolute atomic E-state index is 0.518. The zero-order valence-electron chi connectivity index (χ0n) is 10.9. The third kappa shape index (κ3) is 2.90. The number of benzene rings is 1. The van der Waals surface area contributed by atoms with Gasteiger partial charge in [-0.1, -0.05) is 18.2 Å². The van der Waals surface area contributed by atoms with E-state index in [1.807, 2.05) is 0 Å². The van der Waals surface area contributed by atoms with Crippen molar-refractivity contribution in [2.24, 2.45) is 0 Å². The number of fused-ring (bicyclic) bond motifs is 1. The highest BCUT2D eigenvalue weighted by Gasteiger charge is 2.10. The molecule has 0 saturated carbocycles. The first-order valence-corrected chi connectivity index (χ1v) is 6.70. The normalized spacial score (nSPS) is 13.5. The first kappa shape index (κ1) is 12.1. The largest absolute Gasteiger partial charge is 0.384 e. The van der Waals surface area contributed by atoms with E-state index in [1.165, 1.54) is 36.0 Å². The number of hydrogen-bond acceptors (Lipinski definition) is 4. The van der Waals surface area contributed by atoms with Crippen molar-refractivity contribution < 1.29 is 0 Å². The fourth-order valence-electron chi connectivity index (χ4n) is 2.55. The first-order chi connectivity index (χ1) is 9.31. The van der Waals surface area contributed by atoms with E-state index < -0.39 is 0 Å². The van der Waals surface area contributed by atoms with Crippen LogP contribution in [0.25, 0.3) is 0 Å². The lowest BCUT2D eigenvalue weighted by atomic mass is 10.1. The summed E-state index contributed by atoms with van der Waals surface area (Å²) >= 11 is 0. The molecule has 0 unspecified atom stereocenters. The van der Waals surface area contributed by atoms with E-state index in [2.05, 4.69) is 33.5 Å². The molecule has 1 aromatic heterocycles. The number of nitrogen functional groups attached to an aromatic ring is 1. The van der Waals surface area contributed by atoms with E-state index in [0.717, 1.165) is 12.4 Å². The molecule has 4 nitrogen and oxygen atoms in total. The van der Waals surface area contributed by atoms with Gasteiger partial charge < -0.3 is 11.1 Å². The monoisotopic (exact) mass is 254 g/mol. The molecule has 1 heterocycles. The minimum Gasteiger partial charge on any atom is -0.384 e. The van der Waals surface area contributed by atoms with E-state index in [1.54, 1.807) is 12.3 Å². The molecule has 3 N–H and O–H groups in total. The van der Waals surface area contributed by atoms with Gasteiger partial charge in [0, 0.05) is 12.7 Å². The maximum atomic E-state index is 5.62. The highest BCUT2D eigenvalue weighted by atomic mass is 15.0. The van der Waals surface area contributed by atoms with Gasteiger partial charge in [-0.25, -0.2) is 9.97 Å². The molecule has 1 aliphatic rings. The Morgan fingerprint density at radius 3 is 2.89 bits per heavy atom. The summed E-state index contributed by atoms with van der Waals surface area (Å²) in [7, 11) is 0. The van der Waals surface area contributed by atoms with Crippen molar-refractivity contribution in [1.29, 1.82) is 0 Å². The summed E-state index contributed by atoms with van der Waals surface area (Å²) in [5.41, 5.74) is 9.98. The number of nitrogens with two attached hydrogens (primary N) is 1. The maximum absolute atomic E-state index is 5.62. The Kier molecular flexibility index (Phi) is 3.42. The van der Waals surface area contributed by atoms with Gasteiger partial charge in [0.1, 0.15) is 11.6 Å². The molecule has 0 saturated heterocycles. The fraction of sp³-hybridized carbons (Fsp3) is 0.333. The lowest BCUT2D eigenvalue weighted by Crippen LogP contribution is -2.15. The Morgan fingerprint density at radius 2 is 2.00 bits per heavy atom. The van der Waals surface area contributed by atoms with E-state index in [-0.39, 0.29) is 0 Å². The molecule has 19 heavy (non-hydrogen) atoms. The van der Waals surface area contributed by atoms with Gasteiger partial charge in [0.25, 0.3) is 0 Å². The molecular formula is C15H18N4. The molecule has 0 bridgehead atoms. The average molecular weight is 254 g/mol. The van der Waals surface area contributed by atoms with Crippen molar-refractivity contribution >= 4 is 5.82 Å². The summed E-state index contributed by atoms with van der Waals surface area (Å²) in [4.78, 5) is 8.34. The second-order valence-electron chi connectivity index (χ2n) is 4.96. The molecule has 1 aliphatic carbocycles. The summed E-state index contributed by atoms with van der Waals surface area (Å²) in [5.74, 6) is 1.26. The lowest BCUT2D eigenvalue weighted by molar-refractivity contribution is 0.663. The van der Waals surface area contributed by atoms with Crippen LogP contribution in [0, 0.1) is 0 Å². The van der Waals surface area contributed by atoms with Crippen LogP contribution in [-0.4, -0.2) is 9.97 Å². The zero-order valence-corrected chi connectivity index (χ0v) is 10.9. The molecule has 0 fully saturated rings.